The predicted octanol–water partition coefficient (Wildman–Crippen LogP) is 9.36. The van der Waals surface area contributed by atoms with Crippen molar-refractivity contribution in [3.63, 3.8) is 0 Å². The highest BCUT2D eigenvalue weighted by atomic mass is 35.5. The summed E-state index contributed by atoms with van der Waals surface area (Å²) in [6, 6.07) is 0. The lowest BCUT2D eigenvalue weighted by molar-refractivity contribution is -0.135. The van der Waals surface area contributed by atoms with Gasteiger partial charge in [-0.3, -0.25) is 19.2 Å². The zero-order valence-corrected chi connectivity index (χ0v) is 36.7. The highest BCUT2D eigenvalue weighted by Crippen LogP contribution is 2.20. The van der Waals surface area contributed by atoms with Gasteiger partial charge in [0.25, 0.3) is 0 Å². The van der Waals surface area contributed by atoms with Gasteiger partial charge in [-0.15, -0.1) is 24.0 Å². The van der Waals surface area contributed by atoms with Gasteiger partial charge in [-0.1, -0.05) is 132 Å². The van der Waals surface area contributed by atoms with Crippen molar-refractivity contribution in [3.05, 3.63) is 0 Å². The lowest BCUT2D eigenvalue weighted by Gasteiger charge is -2.31. The molecule has 0 aromatic heterocycles. The number of carboxylic acid groups (broad SMARTS) is 1. The van der Waals surface area contributed by atoms with E-state index in [4.69, 9.17) is 16.7 Å². The van der Waals surface area contributed by atoms with Gasteiger partial charge in [0, 0.05) is 26.2 Å². The van der Waals surface area contributed by atoms with E-state index in [0.717, 1.165) is 51.9 Å². The van der Waals surface area contributed by atoms with E-state index in [1.54, 1.807) is 6.92 Å². The highest BCUT2D eigenvalue weighted by molar-refractivity contribution is 6.27. The lowest BCUT2D eigenvalue weighted by Crippen LogP contribution is -2.44. The summed E-state index contributed by atoms with van der Waals surface area (Å²) in [5.74, 6) is 1.90. The number of carbonyl (C=O) groups excluding carboxylic acids is 3. The van der Waals surface area contributed by atoms with Crippen LogP contribution in [0, 0.1) is 23.7 Å². The maximum atomic E-state index is 12.7. The van der Waals surface area contributed by atoms with Crippen LogP contribution >= 0.6 is 24.0 Å². The van der Waals surface area contributed by atoms with Crippen molar-refractivity contribution in [3.8, 4) is 0 Å². The Morgan fingerprint density at radius 1 is 0.596 bits per heavy atom. The van der Waals surface area contributed by atoms with Crippen molar-refractivity contribution in [2.75, 3.05) is 51.7 Å². The molecule has 0 spiro atoms. The Morgan fingerprint density at radius 2 is 0.885 bits per heavy atom. The quantitative estimate of drug-likeness (QED) is 0.0619. The third-order valence-corrected chi connectivity index (χ3v) is 9.96. The number of nitrogens with two attached hydrogens (primary N) is 1. The Kier molecular flexibility index (Phi) is 44.9. The molecule has 0 aliphatic carbocycles. The van der Waals surface area contributed by atoms with Crippen molar-refractivity contribution in [1.82, 2.24) is 15.1 Å². The van der Waals surface area contributed by atoms with Crippen molar-refractivity contribution < 1.29 is 24.3 Å². The fourth-order valence-electron chi connectivity index (χ4n) is 6.01. The maximum Gasteiger partial charge on any atom is 0.317 e. The Bertz CT molecular complexity index is 816. The summed E-state index contributed by atoms with van der Waals surface area (Å²) in [6.45, 7) is 23.1. The van der Waals surface area contributed by atoms with Crippen molar-refractivity contribution in [2.45, 2.75) is 165 Å². The number of carbonyl (C=O) groups is 4. The second-order valence-corrected chi connectivity index (χ2v) is 14.6. The van der Waals surface area contributed by atoms with E-state index in [9.17, 15) is 19.2 Å². The van der Waals surface area contributed by atoms with Gasteiger partial charge in [-0.05, 0) is 56.3 Å². The SMILES string of the molecule is CCCCC(CC)CN(CC(CC)CCCC)C(=O)CCl.CCCCC(CC)CN(CC(CC)CCCC)C(=O)CNCC(C)=O.Cl.NCC(=O)O. The van der Waals surface area contributed by atoms with Crippen molar-refractivity contribution in [1.29, 1.82) is 0 Å². The molecular formula is C41H84Cl2N4O5. The second-order valence-electron chi connectivity index (χ2n) is 14.3. The van der Waals surface area contributed by atoms with E-state index in [1.165, 1.54) is 77.0 Å². The van der Waals surface area contributed by atoms with Gasteiger partial charge in [0.05, 0.1) is 19.6 Å². The Hall–Kier alpha value is -1.42. The normalized spacial score (nSPS) is 12.8. The van der Waals surface area contributed by atoms with Crippen molar-refractivity contribution >= 4 is 47.6 Å². The minimum Gasteiger partial charge on any atom is -0.480 e. The van der Waals surface area contributed by atoms with E-state index >= 15 is 0 Å². The van der Waals surface area contributed by atoms with Gasteiger partial charge in [0.15, 0.2) is 0 Å². The summed E-state index contributed by atoms with van der Waals surface area (Å²) in [4.78, 5) is 49.3. The Morgan fingerprint density at radius 3 is 1.10 bits per heavy atom. The molecule has 0 radical (unpaired) electrons. The fraction of sp³-hybridized carbons (Fsp3) is 0.902. The number of alkyl halides is 1. The fourth-order valence-corrected chi connectivity index (χ4v) is 6.18. The third-order valence-electron chi connectivity index (χ3n) is 9.73. The lowest BCUT2D eigenvalue weighted by atomic mass is 9.95. The number of hydrogen-bond donors (Lipinski definition) is 3. The molecule has 0 aromatic carbocycles. The summed E-state index contributed by atoms with van der Waals surface area (Å²) < 4.78 is 0. The number of unbranched alkanes of at least 4 members (excludes halogenated alkanes) is 4. The molecule has 0 heterocycles. The molecule has 0 aromatic rings. The minimum atomic E-state index is -0.968. The van der Waals surface area contributed by atoms with E-state index in [0.29, 0.717) is 23.7 Å². The molecular weight excluding hydrogens is 699 g/mol. The summed E-state index contributed by atoms with van der Waals surface area (Å²) in [5, 5.41) is 10.6. The number of hydrogen-bond acceptors (Lipinski definition) is 6. The molecule has 0 fully saturated rings. The highest BCUT2D eigenvalue weighted by Gasteiger charge is 2.22. The predicted molar refractivity (Wildman–Crippen MR) is 225 cm³/mol. The van der Waals surface area contributed by atoms with Crippen LogP contribution in [0.15, 0.2) is 0 Å². The molecule has 52 heavy (non-hydrogen) atoms. The number of Topliss-reactive ketones (excluding diaryl/α,β-unsaturated/α-hetero) is 1. The molecule has 4 atom stereocenters. The number of aliphatic carboxylic acids is 1. The number of nitrogens with one attached hydrogen (secondary N) is 1. The first-order chi connectivity index (χ1) is 24.4. The van der Waals surface area contributed by atoms with E-state index in [-0.39, 0.29) is 55.5 Å². The minimum absolute atomic E-state index is 0. The average Bonchev–Trinajstić information content (AvgIpc) is 3.13. The van der Waals surface area contributed by atoms with Gasteiger partial charge >= 0.3 is 5.97 Å². The Balaban J connectivity index is -0.000000389. The van der Waals surface area contributed by atoms with Crippen LogP contribution in [0.25, 0.3) is 0 Å². The third kappa shape index (κ3) is 34.4. The maximum absolute atomic E-state index is 12.7. The molecule has 4 N–H and O–H groups in total. The van der Waals surface area contributed by atoms with Crippen LogP contribution in [-0.4, -0.2) is 90.2 Å². The first-order valence-corrected chi connectivity index (χ1v) is 21.1. The van der Waals surface area contributed by atoms with Crippen LogP contribution in [0.3, 0.4) is 0 Å². The van der Waals surface area contributed by atoms with Gasteiger partial charge < -0.3 is 26.0 Å². The second kappa shape index (κ2) is 40.8. The van der Waals surface area contributed by atoms with E-state index in [2.05, 4.69) is 71.3 Å². The summed E-state index contributed by atoms with van der Waals surface area (Å²) in [6.07, 6.45) is 19.2. The molecule has 4 unspecified atom stereocenters. The number of halogens is 2. The zero-order valence-electron chi connectivity index (χ0n) is 35.1. The molecule has 0 saturated carbocycles. The van der Waals surface area contributed by atoms with Gasteiger partial charge in [-0.2, -0.15) is 0 Å². The van der Waals surface area contributed by atoms with Gasteiger partial charge in [-0.25, -0.2) is 0 Å². The molecule has 9 nitrogen and oxygen atoms in total. The molecule has 2 amide bonds. The monoisotopic (exact) mass is 783 g/mol. The molecule has 0 aliphatic rings. The van der Waals surface area contributed by atoms with Gasteiger partial charge in [0.1, 0.15) is 11.7 Å². The zero-order chi connectivity index (χ0) is 39.5. The Labute approximate surface area is 332 Å². The smallest absolute Gasteiger partial charge is 0.317 e. The number of carboxylic acids is 1. The number of amides is 2. The van der Waals surface area contributed by atoms with Crippen molar-refractivity contribution in [2.24, 2.45) is 29.4 Å². The molecule has 0 saturated heterocycles. The number of ketones is 1. The standard InChI is InChI=1S/C21H42N2O2.C18H36ClNO.C2H5NO2.ClH/c1-6-10-12-19(8-3)16-23(17-20(9-4)13-11-7-2)21(25)15-22-14-18(5)24;1-5-9-11-16(7-3)14-20(18(21)13-19)15-17(8-4)12-10-6-2;3-1-2(4)5;/h19-20,22H,6-17H2,1-5H3;16-17H,5-15H2,1-4H3;1,3H2,(H,4,5);1H. The first-order valence-electron chi connectivity index (χ1n) is 20.6. The summed E-state index contributed by atoms with van der Waals surface area (Å²) in [5.41, 5.74) is 4.57. The van der Waals surface area contributed by atoms with E-state index in [1.807, 2.05) is 4.90 Å². The van der Waals surface area contributed by atoms with Crippen LogP contribution in [0.2, 0.25) is 0 Å². The van der Waals surface area contributed by atoms with E-state index < -0.39 is 5.97 Å². The number of nitrogens with zero attached hydrogens (tertiary/aromatic N) is 2. The molecule has 312 valence electrons. The first kappa shape index (κ1) is 57.3. The van der Waals surface area contributed by atoms with Crippen LogP contribution in [0.4, 0.5) is 0 Å². The number of rotatable bonds is 30. The topological polar surface area (TPSA) is 133 Å². The summed E-state index contributed by atoms with van der Waals surface area (Å²) in [7, 11) is 0. The largest absolute Gasteiger partial charge is 0.480 e. The molecule has 0 aliphatic heterocycles. The van der Waals surface area contributed by atoms with Crippen LogP contribution in [-0.2, 0) is 19.2 Å². The molecule has 11 heteroatoms. The summed E-state index contributed by atoms with van der Waals surface area (Å²) >= 11 is 5.82. The van der Waals surface area contributed by atoms with Crippen LogP contribution in [0.1, 0.15) is 165 Å². The average molecular weight is 784 g/mol. The van der Waals surface area contributed by atoms with Crippen LogP contribution < -0.4 is 11.1 Å². The molecule has 0 rings (SSSR count). The molecule has 0 bridgehead atoms. The van der Waals surface area contributed by atoms with Crippen LogP contribution in [0.5, 0.6) is 0 Å². The van der Waals surface area contributed by atoms with Gasteiger partial charge in [0.2, 0.25) is 11.8 Å².